The van der Waals surface area contributed by atoms with E-state index in [9.17, 15) is 22.7 Å². The first-order valence-corrected chi connectivity index (χ1v) is 14.0. The van der Waals surface area contributed by atoms with Crippen molar-refractivity contribution >= 4 is 15.7 Å². The molecule has 1 heterocycles. The maximum Gasteiger partial charge on any atom is 0.343 e. The van der Waals surface area contributed by atoms with E-state index in [1.54, 1.807) is 18.2 Å². The molecule has 4 rings (SSSR count). The summed E-state index contributed by atoms with van der Waals surface area (Å²) < 4.78 is 47.2. The lowest BCUT2D eigenvalue weighted by molar-refractivity contribution is 0.382. The molecule has 0 radical (unpaired) electrons. The molecule has 192 valence electrons. The minimum absolute atomic E-state index is 0.0153. The lowest BCUT2D eigenvalue weighted by atomic mass is 9.85. The lowest BCUT2D eigenvalue weighted by Crippen LogP contribution is -2.18. The lowest BCUT2D eigenvalue weighted by Gasteiger charge is -2.22. The Hall–Kier alpha value is -3.13. The third-order valence-electron chi connectivity index (χ3n) is 6.75. The van der Waals surface area contributed by atoms with E-state index in [-0.39, 0.29) is 16.2 Å². The van der Waals surface area contributed by atoms with Gasteiger partial charge in [0, 0.05) is 23.6 Å². The van der Waals surface area contributed by atoms with Crippen LogP contribution < -0.4 is 10.3 Å². The highest BCUT2D eigenvalue weighted by molar-refractivity contribution is 7.92. The monoisotopic (exact) mass is 513 g/mol. The fraction of sp³-hybridized carbons (Fsp3) is 0.393. The van der Waals surface area contributed by atoms with E-state index in [2.05, 4.69) is 4.72 Å². The van der Waals surface area contributed by atoms with E-state index in [4.69, 9.17) is 4.42 Å². The number of aromatic hydroxyl groups is 1. The molecule has 2 N–H and O–H groups in total. The molecule has 0 saturated heterocycles. The molecule has 0 saturated carbocycles. The molecular formula is C28H32FNO5S. The second-order valence-corrected chi connectivity index (χ2v) is 11.0. The van der Waals surface area contributed by atoms with Crippen molar-refractivity contribution in [2.45, 2.75) is 75.5 Å². The quantitative estimate of drug-likeness (QED) is 0.370. The van der Waals surface area contributed by atoms with Gasteiger partial charge in [-0.1, -0.05) is 44.7 Å². The fourth-order valence-corrected chi connectivity index (χ4v) is 5.91. The van der Waals surface area contributed by atoms with E-state index in [0.29, 0.717) is 36.3 Å². The summed E-state index contributed by atoms with van der Waals surface area (Å²) in [6, 6.07) is 11.4. The number of aryl methyl sites for hydroxylation is 1. The first kappa shape index (κ1) is 25.9. The van der Waals surface area contributed by atoms with Crippen LogP contribution in [0.3, 0.4) is 0 Å². The third-order valence-corrected chi connectivity index (χ3v) is 8.15. The number of halogens is 1. The summed E-state index contributed by atoms with van der Waals surface area (Å²) in [5, 5.41) is 11.3. The van der Waals surface area contributed by atoms with Gasteiger partial charge in [-0.25, -0.2) is 17.6 Å². The molecule has 1 atom stereocenters. The number of sulfonamides is 1. The third kappa shape index (κ3) is 5.81. The summed E-state index contributed by atoms with van der Waals surface area (Å²) >= 11 is 0. The molecule has 36 heavy (non-hydrogen) atoms. The van der Waals surface area contributed by atoms with Gasteiger partial charge in [0.25, 0.3) is 10.0 Å². The maximum absolute atomic E-state index is 13.3. The summed E-state index contributed by atoms with van der Waals surface area (Å²) in [5.41, 5.74) is 1.44. The Bertz CT molecular complexity index is 1370. The molecule has 6 nitrogen and oxygen atoms in total. The molecule has 1 aliphatic rings. The minimum Gasteiger partial charge on any atom is -0.507 e. The number of rotatable bonds is 8. The molecular weight excluding hydrogens is 481 g/mol. The molecule has 2 aromatic carbocycles. The molecule has 0 fully saturated rings. The predicted molar refractivity (Wildman–Crippen MR) is 138 cm³/mol. The number of hydrogen-bond donors (Lipinski definition) is 2. The Morgan fingerprint density at radius 2 is 1.78 bits per heavy atom. The van der Waals surface area contributed by atoms with E-state index < -0.39 is 27.4 Å². The Balaban J connectivity index is 1.72. The second-order valence-electron chi connectivity index (χ2n) is 9.35. The Kier molecular flexibility index (Phi) is 8.14. The first-order chi connectivity index (χ1) is 17.3. The molecule has 1 aliphatic carbocycles. The normalized spacial score (nSPS) is 14.9. The van der Waals surface area contributed by atoms with Gasteiger partial charge in [-0.2, -0.15) is 0 Å². The van der Waals surface area contributed by atoms with E-state index in [1.807, 2.05) is 13.0 Å². The Labute approximate surface area is 211 Å². The van der Waals surface area contributed by atoms with Crippen molar-refractivity contribution in [3.8, 4) is 5.75 Å². The van der Waals surface area contributed by atoms with Gasteiger partial charge >= 0.3 is 5.63 Å². The van der Waals surface area contributed by atoms with Crippen LogP contribution in [-0.4, -0.2) is 13.5 Å². The van der Waals surface area contributed by atoms with Gasteiger partial charge in [-0.3, -0.25) is 4.72 Å². The van der Waals surface area contributed by atoms with E-state index in [1.165, 1.54) is 12.1 Å². The van der Waals surface area contributed by atoms with Crippen LogP contribution in [0.2, 0.25) is 0 Å². The second kappa shape index (κ2) is 11.3. The zero-order valence-corrected chi connectivity index (χ0v) is 21.2. The van der Waals surface area contributed by atoms with Gasteiger partial charge in [0.15, 0.2) is 0 Å². The van der Waals surface area contributed by atoms with Crippen molar-refractivity contribution in [1.82, 2.24) is 0 Å². The number of anilines is 1. The largest absolute Gasteiger partial charge is 0.507 e. The molecule has 1 aromatic heterocycles. The molecule has 0 spiro atoms. The number of hydrogen-bond acceptors (Lipinski definition) is 5. The average molecular weight is 514 g/mol. The van der Waals surface area contributed by atoms with Crippen LogP contribution in [0, 0.1) is 5.82 Å². The van der Waals surface area contributed by atoms with Crippen LogP contribution >= 0.6 is 0 Å². The summed E-state index contributed by atoms with van der Waals surface area (Å²) in [6.45, 7) is 2.05. The number of unbranched alkanes of at least 4 members (excludes halogenated alkanes) is 1. The van der Waals surface area contributed by atoms with Gasteiger partial charge in [0.1, 0.15) is 17.3 Å². The molecule has 0 amide bonds. The number of fused-ring (bicyclic) bond motifs is 1. The zero-order valence-electron chi connectivity index (χ0n) is 20.4. The van der Waals surface area contributed by atoms with E-state index in [0.717, 1.165) is 56.2 Å². The Morgan fingerprint density at radius 3 is 2.50 bits per heavy atom. The van der Waals surface area contributed by atoms with Crippen molar-refractivity contribution in [2.24, 2.45) is 0 Å². The van der Waals surface area contributed by atoms with Gasteiger partial charge in [0.2, 0.25) is 0 Å². The smallest absolute Gasteiger partial charge is 0.343 e. The number of nitrogens with one attached hydrogen (secondary N) is 1. The minimum atomic E-state index is -3.94. The highest BCUT2D eigenvalue weighted by Gasteiger charge is 2.27. The van der Waals surface area contributed by atoms with Crippen molar-refractivity contribution < 1.29 is 22.3 Å². The molecule has 0 aliphatic heterocycles. The summed E-state index contributed by atoms with van der Waals surface area (Å²) in [5.74, 6) is -0.380. The van der Waals surface area contributed by atoms with Crippen LogP contribution in [0.25, 0.3) is 0 Å². The summed E-state index contributed by atoms with van der Waals surface area (Å²) in [4.78, 5) is 13.1. The van der Waals surface area contributed by atoms with Crippen molar-refractivity contribution in [2.75, 3.05) is 4.72 Å². The van der Waals surface area contributed by atoms with Gasteiger partial charge in [-0.15, -0.1) is 0 Å². The van der Waals surface area contributed by atoms with E-state index >= 15 is 0 Å². The molecule has 3 aromatic rings. The van der Waals surface area contributed by atoms with Crippen LogP contribution in [0.4, 0.5) is 10.1 Å². The standard InChI is InChI=1S/C28H32FNO5S/c1-2-3-11-23(26-27(31)24-12-6-4-5-7-13-25(24)35-28(26)32)19-9-8-10-21(18-19)30-36(33,34)22-16-14-20(29)15-17-22/h8-10,14-18,23,30-31H,2-7,11-13H2,1H3. The topological polar surface area (TPSA) is 96.6 Å². The van der Waals surface area contributed by atoms with Gasteiger partial charge in [-0.05, 0) is 67.6 Å². The van der Waals surface area contributed by atoms with Crippen molar-refractivity contribution in [3.63, 3.8) is 0 Å². The van der Waals surface area contributed by atoms with Crippen LogP contribution in [-0.2, 0) is 22.9 Å². The Morgan fingerprint density at radius 1 is 1.06 bits per heavy atom. The average Bonchev–Trinajstić information content (AvgIpc) is 2.82. The maximum atomic E-state index is 13.3. The van der Waals surface area contributed by atoms with Crippen molar-refractivity contribution in [1.29, 1.82) is 0 Å². The van der Waals surface area contributed by atoms with Crippen LogP contribution in [0.5, 0.6) is 5.75 Å². The highest BCUT2D eigenvalue weighted by Crippen LogP contribution is 2.38. The molecule has 0 bridgehead atoms. The first-order valence-electron chi connectivity index (χ1n) is 12.6. The predicted octanol–water partition coefficient (Wildman–Crippen LogP) is 6.27. The number of benzene rings is 2. The molecule has 8 heteroatoms. The SMILES string of the molecule is CCCCC(c1cccc(NS(=O)(=O)c2ccc(F)cc2)c1)c1c(O)c2c(oc1=O)CCCCCC2. The van der Waals surface area contributed by atoms with Crippen LogP contribution in [0.15, 0.2) is 62.6 Å². The zero-order chi connectivity index (χ0) is 25.7. The van der Waals surface area contributed by atoms with Crippen molar-refractivity contribution in [3.05, 3.63) is 87.2 Å². The van der Waals surface area contributed by atoms with Crippen LogP contribution in [0.1, 0.15) is 80.2 Å². The van der Waals surface area contributed by atoms with Gasteiger partial charge < -0.3 is 9.52 Å². The fourth-order valence-electron chi connectivity index (χ4n) is 4.86. The summed E-state index contributed by atoms with van der Waals surface area (Å²) in [6.07, 6.45) is 7.60. The molecule has 1 unspecified atom stereocenters. The summed E-state index contributed by atoms with van der Waals surface area (Å²) in [7, 11) is -3.94. The highest BCUT2D eigenvalue weighted by atomic mass is 32.2. The van der Waals surface area contributed by atoms with Gasteiger partial charge in [0.05, 0.1) is 10.5 Å².